The largest absolute Gasteiger partial charge is 0.392 e. The summed E-state index contributed by atoms with van der Waals surface area (Å²) in [5, 5.41) is 13.1. The minimum Gasteiger partial charge on any atom is -0.392 e. The highest BCUT2D eigenvalue weighted by molar-refractivity contribution is 5.85. The molecule has 0 aliphatic heterocycles. The summed E-state index contributed by atoms with van der Waals surface area (Å²) in [5.41, 5.74) is 5.85. The van der Waals surface area contributed by atoms with Crippen molar-refractivity contribution in [1.82, 2.24) is 5.32 Å². The minimum absolute atomic E-state index is 0. The average Bonchev–Trinajstić information content (AvgIpc) is 2.77. The SMILES string of the molecule is CC1(CNC(=O)C[C@@H]2CCC[C@H]2N)CCCCC1O.Cl. The Morgan fingerprint density at radius 1 is 1.30 bits per heavy atom. The highest BCUT2D eigenvalue weighted by Gasteiger charge is 2.36. The van der Waals surface area contributed by atoms with Crippen LogP contribution in [0.3, 0.4) is 0 Å². The molecule has 0 aromatic rings. The van der Waals surface area contributed by atoms with Crippen LogP contribution in [-0.4, -0.2) is 29.7 Å². The van der Waals surface area contributed by atoms with Crippen molar-refractivity contribution in [3.63, 3.8) is 0 Å². The van der Waals surface area contributed by atoms with E-state index in [4.69, 9.17) is 5.73 Å². The Hall–Kier alpha value is -0.320. The zero-order chi connectivity index (χ0) is 13.9. The quantitative estimate of drug-likeness (QED) is 0.743. The van der Waals surface area contributed by atoms with E-state index in [0.717, 1.165) is 44.9 Å². The maximum atomic E-state index is 12.0. The third-order valence-electron chi connectivity index (χ3n) is 5.13. The summed E-state index contributed by atoms with van der Waals surface area (Å²) in [6.45, 7) is 2.67. The standard InChI is InChI=1S/C15H28N2O2.ClH/c1-15(8-3-2-7-13(15)18)10-17-14(19)9-11-5-4-6-12(11)16;/h11-13,18H,2-10,16H2,1H3,(H,17,19);1H/t11-,12+,13?,15?;/m0./s1. The number of aliphatic hydroxyl groups is 1. The summed E-state index contributed by atoms with van der Waals surface area (Å²) in [7, 11) is 0. The zero-order valence-corrected chi connectivity index (χ0v) is 13.3. The Labute approximate surface area is 128 Å². The van der Waals surface area contributed by atoms with Gasteiger partial charge in [-0.15, -0.1) is 12.4 Å². The predicted octanol–water partition coefficient (Wildman–Crippen LogP) is 1.98. The van der Waals surface area contributed by atoms with Gasteiger partial charge in [-0.2, -0.15) is 0 Å². The molecule has 118 valence electrons. The van der Waals surface area contributed by atoms with Crippen molar-refractivity contribution >= 4 is 18.3 Å². The Bertz CT molecular complexity index is 327. The second-order valence-corrected chi connectivity index (χ2v) is 6.75. The first kappa shape index (κ1) is 17.7. The molecule has 0 radical (unpaired) electrons. The summed E-state index contributed by atoms with van der Waals surface area (Å²) in [4.78, 5) is 12.0. The van der Waals surface area contributed by atoms with Crippen LogP contribution in [0.15, 0.2) is 0 Å². The highest BCUT2D eigenvalue weighted by atomic mass is 35.5. The van der Waals surface area contributed by atoms with Gasteiger partial charge in [0.15, 0.2) is 0 Å². The van der Waals surface area contributed by atoms with Crippen molar-refractivity contribution in [3.8, 4) is 0 Å². The molecule has 2 unspecified atom stereocenters. The van der Waals surface area contributed by atoms with Gasteiger partial charge in [-0.3, -0.25) is 4.79 Å². The van der Waals surface area contributed by atoms with Crippen molar-refractivity contribution in [2.75, 3.05) is 6.54 Å². The summed E-state index contributed by atoms with van der Waals surface area (Å²) >= 11 is 0. The van der Waals surface area contributed by atoms with Gasteiger partial charge in [0.1, 0.15) is 0 Å². The van der Waals surface area contributed by atoms with Gasteiger partial charge < -0.3 is 16.2 Å². The molecule has 1 amide bonds. The maximum absolute atomic E-state index is 12.0. The first-order valence-corrected chi connectivity index (χ1v) is 7.71. The lowest BCUT2D eigenvalue weighted by molar-refractivity contribution is -0.123. The van der Waals surface area contributed by atoms with Gasteiger partial charge in [-0.05, 0) is 31.6 Å². The van der Waals surface area contributed by atoms with Gasteiger partial charge in [0, 0.05) is 24.4 Å². The molecule has 4 N–H and O–H groups in total. The molecular weight excluding hydrogens is 276 g/mol. The lowest BCUT2D eigenvalue weighted by atomic mass is 9.73. The van der Waals surface area contributed by atoms with E-state index in [1.165, 1.54) is 0 Å². The second-order valence-electron chi connectivity index (χ2n) is 6.75. The number of amides is 1. The molecule has 4 atom stereocenters. The summed E-state index contributed by atoms with van der Waals surface area (Å²) in [6, 6.07) is 0.196. The van der Waals surface area contributed by atoms with Crippen molar-refractivity contribution in [1.29, 1.82) is 0 Å². The summed E-state index contributed by atoms with van der Waals surface area (Å²) in [5.74, 6) is 0.449. The molecule has 2 aliphatic rings. The van der Waals surface area contributed by atoms with E-state index in [2.05, 4.69) is 12.2 Å². The highest BCUT2D eigenvalue weighted by Crippen LogP contribution is 2.35. The van der Waals surface area contributed by atoms with Crippen molar-refractivity contribution in [2.24, 2.45) is 17.1 Å². The van der Waals surface area contributed by atoms with Crippen LogP contribution >= 0.6 is 12.4 Å². The third-order valence-corrected chi connectivity index (χ3v) is 5.13. The number of nitrogens with two attached hydrogens (primary N) is 1. The predicted molar refractivity (Wildman–Crippen MR) is 82.8 cm³/mol. The van der Waals surface area contributed by atoms with E-state index in [1.807, 2.05) is 0 Å². The van der Waals surface area contributed by atoms with Crippen LogP contribution in [-0.2, 0) is 4.79 Å². The first-order chi connectivity index (χ1) is 9.01. The number of carbonyl (C=O) groups excluding carboxylic acids is 1. The summed E-state index contributed by atoms with van der Waals surface area (Å²) < 4.78 is 0. The number of hydrogen-bond donors (Lipinski definition) is 3. The minimum atomic E-state index is -0.282. The van der Waals surface area contributed by atoms with E-state index in [9.17, 15) is 9.90 Å². The Morgan fingerprint density at radius 2 is 2.05 bits per heavy atom. The Balaban J connectivity index is 0.00000200. The fraction of sp³-hybridized carbons (Fsp3) is 0.933. The molecule has 0 heterocycles. The number of hydrogen-bond acceptors (Lipinski definition) is 3. The van der Waals surface area contributed by atoms with Gasteiger partial charge in [0.2, 0.25) is 5.91 Å². The number of halogens is 1. The number of rotatable bonds is 4. The molecule has 0 spiro atoms. The van der Waals surface area contributed by atoms with Crippen molar-refractivity contribution in [3.05, 3.63) is 0 Å². The normalized spacial score (nSPS) is 37.2. The average molecular weight is 305 g/mol. The Kier molecular flexibility index (Phi) is 6.76. The van der Waals surface area contributed by atoms with Gasteiger partial charge >= 0.3 is 0 Å². The molecule has 2 aliphatic carbocycles. The molecule has 2 saturated carbocycles. The lowest BCUT2D eigenvalue weighted by Gasteiger charge is -2.38. The van der Waals surface area contributed by atoms with Crippen LogP contribution in [0.5, 0.6) is 0 Å². The smallest absolute Gasteiger partial charge is 0.220 e. The topological polar surface area (TPSA) is 75.4 Å². The van der Waals surface area contributed by atoms with Crippen molar-refractivity contribution in [2.45, 2.75) is 70.4 Å². The van der Waals surface area contributed by atoms with Gasteiger partial charge in [-0.25, -0.2) is 0 Å². The van der Waals surface area contributed by atoms with E-state index in [0.29, 0.717) is 18.9 Å². The monoisotopic (exact) mass is 304 g/mol. The van der Waals surface area contributed by atoms with Gasteiger partial charge in [-0.1, -0.05) is 26.2 Å². The lowest BCUT2D eigenvalue weighted by Crippen LogP contribution is -2.45. The molecule has 5 heteroatoms. The fourth-order valence-electron chi connectivity index (χ4n) is 3.52. The van der Waals surface area contributed by atoms with Crippen LogP contribution in [0.4, 0.5) is 0 Å². The molecule has 0 aromatic carbocycles. The number of aliphatic hydroxyl groups excluding tert-OH is 1. The molecule has 0 bridgehead atoms. The van der Waals surface area contributed by atoms with Crippen molar-refractivity contribution < 1.29 is 9.90 Å². The second kappa shape index (κ2) is 7.62. The number of carbonyl (C=O) groups is 1. The summed E-state index contributed by atoms with van der Waals surface area (Å²) in [6.07, 6.45) is 7.65. The maximum Gasteiger partial charge on any atom is 0.220 e. The molecule has 4 nitrogen and oxygen atoms in total. The van der Waals surface area contributed by atoms with Crippen LogP contribution in [0, 0.1) is 11.3 Å². The Morgan fingerprint density at radius 3 is 2.65 bits per heavy atom. The molecular formula is C15H29ClN2O2. The fourth-order valence-corrected chi connectivity index (χ4v) is 3.52. The van der Waals surface area contributed by atoms with Crippen LogP contribution in [0.2, 0.25) is 0 Å². The molecule has 2 fully saturated rings. The van der Waals surface area contributed by atoms with Crippen LogP contribution < -0.4 is 11.1 Å². The van der Waals surface area contributed by atoms with E-state index in [-0.39, 0.29) is 35.9 Å². The van der Waals surface area contributed by atoms with Crippen LogP contribution in [0.25, 0.3) is 0 Å². The molecule has 0 saturated heterocycles. The van der Waals surface area contributed by atoms with Gasteiger partial charge in [0.25, 0.3) is 0 Å². The van der Waals surface area contributed by atoms with E-state index in [1.54, 1.807) is 0 Å². The van der Waals surface area contributed by atoms with Gasteiger partial charge in [0.05, 0.1) is 6.10 Å². The first-order valence-electron chi connectivity index (χ1n) is 7.71. The molecule has 20 heavy (non-hydrogen) atoms. The zero-order valence-electron chi connectivity index (χ0n) is 12.4. The molecule has 0 aromatic heterocycles. The third kappa shape index (κ3) is 4.34. The number of nitrogens with one attached hydrogen (secondary N) is 1. The molecule has 2 rings (SSSR count). The van der Waals surface area contributed by atoms with E-state index < -0.39 is 0 Å². The van der Waals surface area contributed by atoms with E-state index >= 15 is 0 Å². The van der Waals surface area contributed by atoms with Crippen LogP contribution in [0.1, 0.15) is 58.3 Å².